The molecule has 0 spiro atoms. The van der Waals surface area contributed by atoms with Gasteiger partial charge in [-0.25, -0.2) is 0 Å². The Kier molecular flexibility index (Phi) is 3.49. The molecule has 0 radical (unpaired) electrons. The van der Waals surface area contributed by atoms with Crippen molar-refractivity contribution in [2.24, 2.45) is 5.92 Å². The van der Waals surface area contributed by atoms with E-state index in [0.717, 1.165) is 12.1 Å². The number of benzene rings is 1. The van der Waals surface area contributed by atoms with E-state index in [2.05, 4.69) is 0 Å². The van der Waals surface area contributed by atoms with Crippen LogP contribution in [0, 0.1) is 5.92 Å². The fraction of sp³-hybridized carbons (Fsp3) is 0.500. The Morgan fingerprint density at radius 1 is 0.947 bits per heavy atom. The van der Waals surface area contributed by atoms with Crippen LogP contribution in [0.2, 0.25) is 0 Å². The van der Waals surface area contributed by atoms with E-state index in [0.29, 0.717) is 6.42 Å². The van der Waals surface area contributed by atoms with Gasteiger partial charge in [-0.3, -0.25) is 0 Å². The van der Waals surface area contributed by atoms with Gasteiger partial charge in [-0.15, -0.1) is 11.6 Å². The highest BCUT2D eigenvalue weighted by atomic mass is 35.5. The highest BCUT2D eigenvalue weighted by Crippen LogP contribution is 2.50. The lowest BCUT2D eigenvalue weighted by atomic mass is 10.0. The molecule has 106 valence electrons. The second kappa shape index (κ2) is 4.58. The number of hydrogen-bond acceptors (Lipinski definition) is 0. The third-order valence-corrected chi connectivity index (χ3v) is 3.56. The zero-order valence-electron chi connectivity index (χ0n) is 9.45. The maximum atomic E-state index is 12.6. The summed E-state index contributed by atoms with van der Waals surface area (Å²) in [6, 6.07) is 1.71. The second-order valence-electron chi connectivity index (χ2n) is 4.60. The normalized spacial score (nSPS) is 23.5. The average molecular weight is 303 g/mol. The largest absolute Gasteiger partial charge is 0.416 e. The van der Waals surface area contributed by atoms with Crippen LogP contribution in [0.5, 0.6) is 0 Å². The van der Waals surface area contributed by atoms with Crippen molar-refractivity contribution in [1.82, 2.24) is 0 Å². The Morgan fingerprint density at radius 2 is 1.42 bits per heavy atom. The molecule has 7 heteroatoms. The number of hydrogen-bond donors (Lipinski definition) is 0. The Labute approximate surface area is 110 Å². The van der Waals surface area contributed by atoms with Gasteiger partial charge in [-0.2, -0.15) is 26.3 Å². The van der Waals surface area contributed by atoms with E-state index in [1.165, 1.54) is 0 Å². The molecule has 1 aliphatic rings. The summed E-state index contributed by atoms with van der Waals surface area (Å²) < 4.78 is 75.6. The molecule has 0 aliphatic heterocycles. The Bertz CT molecular complexity index is 444. The van der Waals surface area contributed by atoms with Gasteiger partial charge in [-0.05, 0) is 42.0 Å². The molecule has 0 heterocycles. The monoisotopic (exact) mass is 302 g/mol. The van der Waals surface area contributed by atoms with E-state index in [1.54, 1.807) is 0 Å². The molecule has 2 rings (SSSR count). The first-order chi connectivity index (χ1) is 8.63. The molecule has 1 aromatic carbocycles. The zero-order chi connectivity index (χ0) is 14.4. The summed E-state index contributed by atoms with van der Waals surface area (Å²) in [5, 5.41) is 0. The van der Waals surface area contributed by atoms with Crippen LogP contribution in [0.15, 0.2) is 18.2 Å². The van der Waals surface area contributed by atoms with Crippen molar-refractivity contribution in [1.29, 1.82) is 0 Å². The van der Waals surface area contributed by atoms with Crippen LogP contribution in [0.1, 0.15) is 29.0 Å². The lowest BCUT2D eigenvalue weighted by molar-refractivity contribution is -0.143. The van der Waals surface area contributed by atoms with Gasteiger partial charge in [0.1, 0.15) is 0 Å². The zero-order valence-corrected chi connectivity index (χ0v) is 10.2. The molecular weight excluding hydrogens is 294 g/mol. The Morgan fingerprint density at radius 3 is 1.74 bits per heavy atom. The van der Waals surface area contributed by atoms with E-state index in [4.69, 9.17) is 11.6 Å². The smallest absolute Gasteiger partial charge is 0.166 e. The SMILES string of the molecule is FC(F)(F)c1cc(C2CC2CCl)cc(C(F)(F)F)c1. The van der Waals surface area contributed by atoms with Crippen molar-refractivity contribution >= 4 is 11.6 Å². The molecule has 0 aromatic heterocycles. The van der Waals surface area contributed by atoms with Crippen LogP contribution in [0.3, 0.4) is 0 Å². The minimum atomic E-state index is -4.79. The fourth-order valence-electron chi connectivity index (χ4n) is 2.02. The van der Waals surface area contributed by atoms with Gasteiger partial charge >= 0.3 is 12.4 Å². The molecule has 0 N–H and O–H groups in total. The van der Waals surface area contributed by atoms with Gasteiger partial charge in [0.25, 0.3) is 0 Å². The van der Waals surface area contributed by atoms with Gasteiger partial charge in [0, 0.05) is 5.88 Å². The van der Waals surface area contributed by atoms with E-state index < -0.39 is 23.5 Å². The predicted molar refractivity (Wildman–Crippen MR) is 58.0 cm³/mol. The Balaban J connectivity index is 2.44. The van der Waals surface area contributed by atoms with Crippen molar-refractivity contribution in [3.05, 3.63) is 34.9 Å². The lowest BCUT2D eigenvalue weighted by Gasteiger charge is -2.14. The number of alkyl halides is 7. The van der Waals surface area contributed by atoms with E-state index >= 15 is 0 Å². The van der Waals surface area contributed by atoms with Crippen LogP contribution < -0.4 is 0 Å². The minimum Gasteiger partial charge on any atom is -0.166 e. The summed E-state index contributed by atoms with van der Waals surface area (Å²) in [4.78, 5) is 0. The third-order valence-electron chi connectivity index (χ3n) is 3.16. The summed E-state index contributed by atoms with van der Waals surface area (Å²) in [5.74, 6) is -0.102. The molecule has 1 aliphatic carbocycles. The second-order valence-corrected chi connectivity index (χ2v) is 4.90. The summed E-state index contributed by atoms with van der Waals surface area (Å²) >= 11 is 5.56. The quantitative estimate of drug-likeness (QED) is 0.529. The molecule has 0 bridgehead atoms. The van der Waals surface area contributed by atoms with Crippen LogP contribution in [0.25, 0.3) is 0 Å². The van der Waals surface area contributed by atoms with Crippen molar-refractivity contribution in [3.8, 4) is 0 Å². The predicted octanol–water partition coefficient (Wildman–Crippen LogP) is 5.07. The van der Waals surface area contributed by atoms with Crippen LogP contribution in [-0.2, 0) is 12.4 Å². The summed E-state index contributed by atoms with van der Waals surface area (Å²) in [5.41, 5.74) is -2.47. The molecule has 1 fully saturated rings. The molecular formula is C12H9ClF6. The average Bonchev–Trinajstić information content (AvgIpc) is 3.05. The first-order valence-corrected chi connectivity index (χ1v) is 6.01. The molecule has 0 nitrogen and oxygen atoms in total. The van der Waals surface area contributed by atoms with E-state index in [9.17, 15) is 26.3 Å². The first-order valence-electron chi connectivity index (χ1n) is 5.48. The minimum absolute atomic E-state index is 0.0359. The lowest BCUT2D eigenvalue weighted by Crippen LogP contribution is -2.11. The summed E-state index contributed by atoms with van der Waals surface area (Å²) in [6.07, 6.45) is -9.05. The maximum absolute atomic E-state index is 12.6. The molecule has 1 saturated carbocycles. The van der Waals surface area contributed by atoms with Crippen molar-refractivity contribution < 1.29 is 26.3 Å². The number of halogens is 7. The molecule has 0 amide bonds. The van der Waals surface area contributed by atoms with Crippen LogP contribution in [0.4, 0.5) is 26.3 Å². The van der Waals surface area contributed by atoms with Gasteiger partial charge in [0.15, 0.2) is 0 Å². The maximum Gasteiger partial charge on any atom is 0.416 e. The summed E-state index contributed by atoms with van der Waals surface area (Å²) in [7, 11) is 0. The molecule has 19 heavy (non-hydrogen) atoms. The molecule has 2 atom stereocenters. The first kappa shape index (κ1) is 14.5. The highest BCUT2D eigenvalue weighted by Gasteiger charge is 2.42. The van der Waals surface area contributed by atoms with Gasteiger partial charge in [0.05, 0.1) is 11.1 Å². The summed E-state index contributed by atoms with van der Waals surface area (Å²) in [6.45, 7) is 0. The van der Waals surface area contributed by atoms with Crippen molar-refractivity contribution in [2.45, 2.75) is 24.7 Å². The highest BCUT2D eigenvalue weighted by molar-refractivity contribution is 6.18. The van der Waals surface area contributed by atoms with Gasteiger partial charge in [-0.1, -0.05) is 0 Å². The standard InChI is InChI=1S/C12H9ClF6/c13-5-7-3-10(7)6-1-8(11(14,15)16)4-9(2-6)12(17,18)19/h1-2,4,7,10H,3,5H2. The van der Waals surface area contributed by atoms with Gasteiger partial charge < -0.3 is 0 Å². The van der Waals surface area contributed by atoms with Gasteiger partial charge in [0.2, 0.25) is 0 Å². The Hall–Kier alpha value is -0.910. The molecule has 2 unspecified atom stereocenters. The van der Waals surface area contributed by atoms with Crippen LogP contribution >= 0.6 is 11.6 Å². The van der Waals surface area contributed by atoms with E-state index in [-0.39, 0.29) is 29.3 Å². The third kappa shape index (κ3) is 3.16. The molecule has 1 aromatic rings. The van der Waals surface area contributed by atoms with E-state index in [1.807, 2.05) is 0 Å². The van der Waals surface area contributed by atoms with Crippen molar-refractivity contribution in [3.63, 3.8) is 0 Å². The topological polar surface area (TPSA) is 0 Å². The fourth-order valence-corrected chi connectivity index (χ4v) is 2.36. The van der Waals surface area contributed by atoms with Crippen LogP contribution in [-0.4, -0.2) is 5.88 Å². The van der Waals surface area contributed by atoms with Crippen molar-refractivity contribution in [2.75, 3.05) is 5.88 Å². The number of rotatable bonds is 2. The molecule has 0 saturated heterocycles.